The quantitative estimate of drug-likeness (QED) is 0.731. The first kappa shape index (κ1) is 16.4. The molecule has 0 spiro atoms. The van der Waals surface area contributed by atoms with Gasteiger partial charge in [-0.05, 0) is 18.2 Å². The Labute approximate surface area is 151 Å². The van der Waals surface area contributed by atoms with Gasteiger partial charge in [0.25, 0.3) is 0 Å². The molecular formula is C19H19N5O2. The number of pyridine rings is 1. The first-order valence-electron chi connectivity index (χ1n) is 8.46. The minimum Gasteiger partial charge on any atom is -0.508 e. The van der Waals surface area contributed by atoms with Crippen molar-refractivity contribution in [2.24, 2.45) is 4.99 Å². The molecule has 1 saturated heterocycles. The van der Waals surface area contributed by atoms with Crippen molar-refractivity contribution in [1.29, 1.82) is 0 Å². The van der Waals surface area contributed by atoms with Crippen molar-refractivity contribution in [3.8, 4) is 17.1 Å². The highest BCUT2D eigenvalue weighted by molar-refractivity contribution is 5.92. The van der Waals surface area contributed by atoms with Crippen molar-refractivity contribution < 1.29 is 9.84 Å². The Morgan fingerprint density at radius 1 is 1.19 bits per heavy atom. The summed E-state index contributed by atoms with van der Waals surface area (Å²) in [6.07, 6.45) is 3.52. The molecule has 3 aromatic rings. The van der Waals surface area contributed by atoms with E-state index in [9.17, 15) is 5.11 Å². The fourth-order valence-electron chi connectivity index (χ4n) is 3.01. The number of phenols is 1. The van der Waals surface area contributed by atoms with Crippen LogP contribution in [0.15, 0.2) is 41.5 Å². The van der Waals surface area contributed by atoms with Crippen LogP contribution in [0.25, 0.3) is 22.4 Å². The van der Waals surface area contributed by atoms with E-state index < -0.39 is 0 Å². The molecule has 0 unspecified atom stereocenters. The number of benzene rings is 1. The van der Waals surface area contributed by atoms with Crippen LogP contribution in [-0.4, -0.2) is 59.6 Å². The van der Waals surface area contributed by atoms with E-state index in [1.165, 1.54) is 0 Å². The number of hydrogen-bond donors (Lipinski definition) is 1. The van der Waals surface area contributed by atoms with E-state index in [4.69, 9.17) is 9.72 Å². The first-order valence-corrected chi connectivity index (χ1v) is 8.46. The van der Waals surface area contributed by atoms with Gasteiger partial charge in [0.15, 0.2) is 11.6 Å². The number of rotatable bonds is 3. The Morgan fingerprint density at radius 3 is 2.81 bits per heavy atom. The second-order valence-electron chi connectivity index (χ2n) is 6.04. The van der Waals surface area contributed by atoms with Crippen molar-refractivity contribution in [3.05, 3.63) is 42.1 Å². The Hall–Kier alpha value is -3.06. The Kier molecular flexibility index (Phi) is 4.45. The van der Waals surface area contributed by atoms with E-state index in [2.05, 4.69) is 19.9 Å². The number of hydrogen-bond acceptors (Lipinski definition) is 7. The molecule has 1 aromatic carbocycles. The SMILES string of the molecule is CN=Cc1cnc2c(N3CCOCC3)nc(-c3cccc(O)c3)nc2c1. The first-order chi connectivity index (χ1) is 12.7. The number of nitrogens with zero attached hydrogens (tertiary/aromatic N) is 5. The number of ether oxygens (including phenoxy) is 1. The number of aromatic nitrogens is 3. The van der Waals surface area contributed by atoms with Gasteiger partial charge in [-0.1, -0.05) is 12.1 Å². The summed E-state index contributed by atoms with van der Waals surface area (Å²) in [4.78, 5) is 20.2. The summed E-state index contributed by atoms with van der Waals surface area (Å²) in [5.74, 6) is 1.53. The number of phenolic OH excluding ortho intramolecular Hbond substituents is 1. The van der Waals surface area contributed by atoms with Gasteiger partial charge < -0.3 is 14.7 Å². The second-order valence-corrected chi connectivity index (χ2v) is 6.04. The number of morpholine rings is 1. The van der Waals surface area contributed by atoms with Crippen LogP contribution >= 0.6 is 0 Å². The summed E-state index contributed by atoms with van der Waals surface area (Å²) >= 11 is 0. The maximum atomic E-state index is 9.81. The van der Waals surface area contributed by atoms with E-state index in [-0.39, 0.29) is 5.75 Å². The number of fused-ring (bicyclic) bond motifs is 1. The van der Waals surface area contributed by atoms with Gasteiger partial charge in [0.1, 0.15) is 11.3 Å². The van der Waals surface area contributed by atoms with E-state index in [0.29, 0.717) is 19.0 Å². The fraction of sp³-hybridized carbons (Fsp3) is 0.263. The van der Waals surface area contributed by atoms with Crippen LogP contribution in [0.5, 0.6) is 5.75 Å². The summed E-state index contributed by atoms with van der Waals surface area (Å²) in [5, 5.41) is 9.81. The van der Waals surface area contributed by atoms with Gasteiger partial charge in [-0.3, -0.25) is 9.98 Å². The minimum atomic E-state index is 0.184. The Bertz CT molecular complexity index is 967. The van der Waals surface area contributed by atoms with E-state index >= 15 is 0 Å². The molecule has 7 heteroatoms. The molecule has 0 atom stereocenters. The molecule has 1 aliphatic rings. The average molecular weight is 349 g/mol. The lowest BCUT2D eigenvalue weighted by Gasteiger charge is -2.28. The van der Waals surface area contributed by atoms with Crippen molar-refractivity contribution >= 4 is 23.1 Å². The van der Waals surface area contributed by atoms with Crippen LogP contribution in [0.2, 0.25) is 0 Å². The molecule has 0 saturated carbocycles. The molecule has 1 aliphatic heterocycles. The monoisotopic (exact) mass is 349 g/mol. The summed E-state index contributed by atoms with van der Waals surface area (Å²) in [6, 6.07) is 8.91. The van der Waals surface area contributed by atoms with Crippen molar-refractivity contribution in [3.63, 3.8) is 0 Å². The molecule has 0 bridgehead atoms. The van der Waals surface area contributed by atoms with Crippen molar-refractivity contribution in [2.75, 3.05) is 38.3 Å². The summed E-state index contributed by atoms with van der Waals surface area (Å²) in [6.45, 7) is 2.83. The van der Waals surface area contributed by atoms with E-state index in [1.807, 2.05) is 12.1 Å². The minimum absolute atomic E-state index is 0.184. The number of anilines is 1. The van der Waals surface area contributed by atoms with Crippen LogP contribution in [0, 0.1) is 0 Å². The lowest BCUT2D eigenvalue weighted by atomic mass is 10.2. The molecule has 2 aromatic heterocycles. The zero-order valence-electron chi connectivity index (χ0n) is 14.5. The molecule has 0 radical (unpaired) electrons. The smallest absolute Gasteiger partial charge is 0.162 e. The van der Waals surface area contributed by atoms with Gasteiger partial charge in [0, 0.05) is 43.7 Å². The maximum Gasteiger partial charge on any atom is 0.162 e. The van der Waals surface area contributed by atoms with Crippen LogP contribution in [0.1, 0.15) is 5.56 Å². The molecule has 26 heavy (non-hydrogen) atoms. The van der Waals surface area contributed by atoms with Crippen LogP contribution in [0.4, 0.5) is 5.82 Å². The van der Waals surface area contributed by atoms with Crippen molar-refractivity contribution in [1.82, 2.24) is 15.0 Å². The van der Waals surface area contributed by atoms with E-state index in [0.717, 1.165) is 41.1 Å². The van der Waals surface area contributed by atoms with Gasteiger partial charge in [-0.25, -0.2) is 9.97 Å². The highest BCUT2D eigenvalue weighted by Gasteiger charge is 2.19. The Balaban J connectivity index is 1.91. The van der Waals surface area contributed by atoms with Crippen LogP contribution in [-0.2, 0) is 4.74 Å². The number of aliphatic imine (C=N–C) groups is 1. The predicted octanol–water partition coefficient (Wildman–Crippen LogP) is 2.28. The average Bonchev–Trinajstić information content (AvgIpc) is 2.68. The lowest BCUT2D eigenvalue weighted by molar-refractivity contribution is 0.122. The second kappa shape index (κ2) is 7.05. The molecule has 1 fully saturated rings. The fourth-order valence-corrected chi connectivity index (χ4v) is 3.01. The Morgan fingerprint density at radius 2 is 2.04 bits per heavy atom. The number of aromatic hydroxyl groups is 1. The third kappa shape index (κ3) is 3.21. The molecule has 1 N–H and O–H groups in total. The highest BCUT2D eigenvalue weighted by atomic mass is 16.5. The summed E-state index contributed by atoms with van der Waals surface area (Å²) < 4.78 is 5.46. The largest absolute Gasteiger partial charge is 0.508 e. The summed E-state index contributed by atoms with van der Waals surface area (Å²) in [7, 11) is 1.72. The summed E-state index contributed by atoms with van der Waals surface area (Å²) in [5.41, 5.74) is 3.14. The molecule has 132 valence electrons. The van der Waals surface area contributed by atoms with Gasteiger partial charge in [0.2, 0.25) is 0 Å². The third-order valence-electron chi connectivity index (χ3n) is 4.23. The molecule has 4 rings (SSSR count). The standard InChI is InChI=1S/C19H19N5O2/c1-20-11-13-9-16-17(21-12-13)19(24-5-7-26-8-6-24)23-18(22-16)14-3-2-4-15(25)10-14/h2-4,9-12,25H,5-8H2,1H3. The van der Waals surface area contributed by atoms with Gasteiger partial charge in [0.05, 0.1) is 18.7 Å². The highest BCUT2D eigenvalue weighted by Crippen LogP contribution is 2.28. The maximum absolute atomic E-state index is 9.81. The van der Waals surface area contributed by atoms with Crippen molar-refractivity contribution in [2.45, 2.75) is 0 Å². The van der Waals surface area contributed by atoms with Gasteiger partial charge in [-0.15, -0.1) is 0 Å². The van der Waals surface area contributed by atoms with Gasteiger partial charge >= 0.3 is 0 Å². The van der Waals surface area contributed by atoms with Crippen LogP contribution in [0.3, 0.4) is 0 Å². The molecular weight excluding hydrogens is 330 g/mol. The third-order valence-corrected chi connectivity index (χ3v) is 4.23. The zero-order valence-corrected chi connectivity index (χ0v) is 14.5. The van der Waals surface area contributed by atoms with Crippen LogP contribution < -0.4 is 4.90 Å². The molecule has 7 nitrogen and oxygen atoms in total. The lowest BCUT2D eigenvalue weighted by Crippen LogP contribution is -2.37. The molecule has 3 heterocycles. The normalized spacial score (nSPS) is 15.0. The van der Waals surface area contributed by atoms with Gasteiger partial charge in [-0.2, -0.15) is 0 Å². The van der Waals surface area contributed by atoms with E-state index in [1.54, 1.807) is 37.7 Å². The predicted molar refractivity (Wildman–Crippen MR) is 101 cm³/mol. The topological polar surface area (TPSA) is 83.7 Å². The zero-order chi connectivity index (χ0) is 17.9. The molecule has 0 aliphatic carbocycles. The molecule has 0 amide bonds.